The van der Waals surface area contributed by atoms with E-state index in [0.29, 0.717) is 12.5 Å². The molecule has 2 aliphatic rings. The Kier molecular flexibility index (Phi) is 4.71. The van der Waals surface area contributed by atoms with E-state index in [4.69, 9.17) is 0 Å². The molecule has 1 aliphatic carbocycles. The normalized spacial score (nSPS) is 28.1. The summed E-state index contributed by atoms with van der Waals surface area (Å²) in [5.74, 6) is 0.384. The van der Waals surface area contributed by atoms with Gasteiger partial charge in [0.05, 0.1) is 13.1 Å². The van der Waals surface area contributed by atoms with Crippen LogP contribution in [-0.2, 0) is 4.79 Å². The van der Waals surface area contributed by atoms with Crippen molar-refractivity contribution in [1.82, 2.24) is 10.2 Å². The number of rotatable bonds is 3. The van der Waals surface area contributed by atoms with Crippen molar-refractivity contribution < 1.29 is 18.0 Å². The van der Waals surface area contributed by atoms with Crippen molar-refractivity contribution in [3.8, 4) is 0 Å². The highest BCUT2D eigenvalue weighted by Crippen LogP contribution is 2.35. The first kappa shape index (κ1) is 14.6. The maximum atomic E-state index is 12.0. The highest BCUT2D eigenvalue weighted by atomic mass is 19.4. The SMILES string of the molecule is O=C(CNCC(F)(F)F)N1CCC[C@H]2CCCC[C@H]21. The van der Waals surface area contributed by atoms with Gasteiger partial charge in [-0.3, -0.25) is 4.79 Å². The minimum atomic E-state index is -4.25. The highest BCUT2D eigenvalue weighted by molar-refractivity contribution is 5.78. The molecule has 1 saturated heterocycles. The summed E-state index contributed by atoms with van der Waals surface area (Å²) in [6.45, 7) is -0.600. The van der Waals surface area contributed by atoms with Crippen molar-refractivity contribution in [2.75, 3.05) is 19.6 Å². The molecule has 0 spiro atoms. The molecular formula is C13H21F3N2O. The molecule has 0 unspecified atom stereocenters. The van der Waals surface area contributed by atoms with Gasteiger partial charge in [0, 0.05) is 12.6 Å². The van der Waals surface area contributed by atoms with Crippen LogP contribution in [0.4, 0.5) is 13.2 Å². The lowest BCUT2D eigenvalue weighted by atomic mass is 9.78. The van der Waals surface area contributed by atoms with Crippen LogP contribution < -0.4 is 5.32 Å². The Hall–Kier alpha value is -0.780. The van der Waals surface area contributed by atoms with Gasteiger partial charge >= 0.3 is 6.18 Å². The maximum Gasteiger partial charge on any atom is 0.401 e. The Balaban J connectivity index is 1.83. The fourth-order valence-electron chi connectivity index (χ4n) is 3.35. The van der Waals surface area contributed by atoms with Gasteiger partial charge in [-0.05, 0) is 31.6 Å². The molecule has 0 bridgehead atoms. The lowest BCUT2D eigenvalue weighted by Gasteiger charge is -2.44. The van der Waals surface area contributed by atoms with E-state index in [1.54, 1.807) is 0 Å². The number of likely N-dealkylation sites (tertiary alicyclic amines) is 1. The summed E-state index contributed by atoms with van der Waals surface area (Å²) in [6.07, 6.45) is 2.39. The second kappa shape index (κ2) is 6.11. The molecule has 19 heavy (non-hydrogen) atoms. The summed E-state index contributed by atoms with van der Waals surface area (Å²) in [7, 11) is 0. The number of piperidine rings is 1. The van der Waals surface area contributed by atoms with Gasteiger partial charge < -0.3 is 10.2 Å². The van der Waals surface area contributed by atoms with Crippen molar-refractivity contribution in [3.05, 3.63) is 0 Å². The summed E-state index contributed by atoms with van der Waals surface area (Å²) in [5, 5.41) is 2.20. The van der Waals surface area contributed by atoms with Gasteiger partial charge in [-0.2, -0.15) is 13.2 Å². The van der Waals surface area contributed by atoms with Gasteiger partial charge in [-0.25, -0.2) is 0 Å². The zero-order valence-corrected chi connectivity index (χ0v) is 11.0. The first-order valence-corrected chi connectivity index (χ1v) is 7.04. The molecule has 1 heterocycles. The maximum absolute atomic E-state index is 12.0. The largest absolute Gasteiger partial charge is 0.401 e. The third-order valence-corrected chi connectivity index (χ3v) is 4.17. The molecule has 0 radical (unpaired) electrons. The van der Waals surface area contributed by atoms with Crippen LogP contribution in [0, 0.1) is 5.92 Å². The molecule has 1 amide bonds. The second-order valence-corrected chi connectivity index (χ2v) is 5.56. The third kappa shape index (κ3) is 4.09. The van der Waals surface area contributed by atoms with E-state index in [2.05, 4.69) is 5.32 Å². The van der Waals surface area contributed by atoms with E-state index in [1.165, 1.54) is 6.42 Å². The molecule has 2 atom stereocenters. The number of hydrogen-bond acceptors (Lipinski definition) is 2. The zero-order valence-electron chi connectivity index (χ0n) is 11.0. The number of hydrogen-bond donors (Lipinski definition) is 1. The number of alkyl halides is 3. The van der Waals surface area contributed by atoms with Gasteiger partial charge in [0.1, 0.15) is 0 Å². The van der Waals surface area contributed by atoms with Crippen molar-refractivity contribution >= 4 is 5.91 Å². The van der Waals surface area contributed by atoms with Gasteiger partial charge in [0.25, 0.3) is 0 Å². The van der Waals surface area contributed by atoms with Gasteiger partial charge in [0.15, 0.2) is 0 Å². The van der Waals surface area contributed by atoms with E-state index < -0.39 is 12.7 Å². The molecule has 0 aromatic carbocycles. The summed E-state index contributed by atoms with van der Waals surface area (Å²) in [5.41, 5.74) is 0. The number of amides is 1. The smallest absolute Gasteiger partial charge is 0.338 e. The van der Waals surface area contributed by atoms with Crippen LogP contribution >= 0.6 is 0 Å². The molecule has 1 aliphatic heterocycles. The minimum absolute atomic E-state index is 0.180. The average Bonchev–Trinajstić information content (AvgIpc) is 2.36. The van der Waals surface area contributed by atoms with Gasteiger partial charge in [-0.1, -0.05) is 12.8 Å². The van der Waals surface area contributed by atoms with E-state index in [1.807, 2.05) is 4.90 Å². The summed E-state index contributed by atoms with van der Waals surface area (Å²) < 4.78 is 36.1. The Morgan fingerprint density at radius 3 is 2.58 bits per heavy atom. The van der Waals surface area contributed by atoms with Crippen molar-refractivity contribution in [3.63, 3.8) is 0 Å². The lowest BCUT2D eigenvalue weighted by Crippen LogP contribution is -2.52. The number of carbonyl (C=O) groups excluding carboxylic acids is 1. The molecule has 2 fully saturated rings. The van der Waals surface area contributed by atoms with Crippen molar-refractivity contribution in [2.24, 2.45) is 5.92 Å². The monoisotopic (exact) mass is 278 g/mol. The van der Waals surface area contributed by atoms with E-state index in [9.17, 15) is 18.0 Å². The zero-order chi connectivity index (χ0) is 13.9. The summed E-state index contributed by atoms with van der Waals surface area (Å²) in [4.78, 5) is 13.9. The van der Waals surface area contributed by atoms with Crippen LogP contribution in [0.2, 0.25) is 0 Å². The summed E-state index contributed by atoms with van der Waals surface area (Å²) >= 11 is 0. The van der Waals surface area contributed by atoms with Crippen LogP contribution in [0.15, 0.2) is 0 Å². The molecule has 1 N–H and O–H groups in total. The fraction of sp³-hybridized carbons (Fsp3) is 0.923. The predicted molar refractivity (Wildman–Crippen MR) is 65.6 cm³/mol. The number of nitrogens with zero attached hydrogens (tertiary/aromatic N) is 1. The van der Waals surface area contributed by atoms with Crippen LogP contribution in [0.3, 0.4) is 0 Å². The van der Waals surface area contributed by atoms with E-state index in [-0.39, 0.29) is 18.5 Å². The molecule has 110 valence electrons. The van der Waals surface area contributed by atoms with Gasteiger partial charge in [-0.15, -0.1) is 0 Å². The molecule has 0 aromatic rings. The fourth-order valence-corrected chi connectivity index (χ4v) is 3.35. The standard InChI is InChI=1S/C13H21F3N2O/c14-13(15,16)9-17-8-12(19)18-7-3-5-10-4-1-2-6-11(10)18/h10-11,17H,1-9H2/t10-,11-/m1/s1. The topological polar surface area (TPSA) is 32.3 Å². The van der Waals surface area contributed by atoms with Crippen LogP contribution in [0.25, 0.3) is 0 Å². The first-order chi connectivity index (χ1) is 8.97. The van der Waals surface area contributed by atoms with Crippen molar-refractivity contribution in [2.45, 2.75) is 50.7 Å². The minimum Gasteiger partial charge on any atom is -0.338 e. The molecule has 1 saturated carbocycles. The van der Waals surface area contributed by atoms with E-state index >= 15 is 0 Å². The number of halogens is 3. The second-order valence-electron chi connectivity index (χ2n) is 5.56. The molecule has 0 aromatic heterocycles. The highest BCUT2D eigenvalue weighted by Gasteiger charge is 2.35. The van der Waals surface area contributed by atoms with Crippen LogP contribution in [0.5, 0.6) is 0 Å². The Bertz CT molecular complexity index is 318. The van der Waals surface area contributed by atoms with Crippen LogP contribution in [0.1, 0.15) is 38.5 Å². The average molecular weight is 278 g/mol. The molecule has 3 nitrogen and oxygen atoms in total. The Morgan fingerprint density at radius 1 is 1.16 bits per heavy atom. The molecule has 2 rings (SSSR count). The Morgan fingerprint density at radius 2 is 1.84 bits per heavy atom. The number of carbonyl (C=O) groups is 1. The first-order valence-electron chi connectivity index (χ1n) is 7.04. The van der Waals surface area contributed by atoms with Gasteiger partial charge in [0.2, 0.25) is 5.91 Å². The molecular weight excluding hydrogens is 257 g/mol. The number of fused-ring (bicyclic) bond motifs is 1. The lowest BCUT2D eigenvalue weighted by molar-refractivity contribution is -0.139. The number of nitrogens with one attached hydrogen (secondary N) is 1. The summed E-state index contributed by atoms with van der Waals surface area (Å²) in [6, 6.07) is 0.266. The van der Waals surface area contributed by atoms with Crippen molar-refractivity contribution in [1.29, 1.82) is 0 Å². The Labute approximate surface area is 111 Å². The van der Waals surface area contributed by atoms with E-state index in [0.717, 1.165) is 32.1 Å². The molecule has 6 heteroatoms. The van der Waals surface area contributed by atoms with Crippen LogP contribution in [-0.4, -0.2) is 42.7 Å². The quantitative estimate of drug-likeness (QED) is 0.859. The third-order valence-electron chi connectivity index (χ3n) is 4.17. The predicted octanol–water partition coefficient (Wildman–Crippen LogP) is 2.32.